The lowest BCUT2D eigenvalue weighted by Crippen LogP contribution is -2.57. The number of hydrogen-bond donors (Lipinski definition) is 4. The van der Waals surface area contributed by atoms with Crippen LogP contribution in [-0.4, -0.2) is 33.8 Å². The van der Waals surface area contributed by atoms with Crippen molar-refractivity contribution in [3.05, 3.63) is 77.4 Å². The van der Waals surface area contributed by atoms with Gasteiger partial charge in [-0.1, -0.05) is 42.2 Å². The van der Waals surface area contributed by atoms with Gasteiger partial charge in [0, 0.05) is 11.1 Å². The fourth-order valence-electron chi connectivity index (χ4n) is 2.37. The first-order valence-corrected chi connectivity index (χ1v) is 8.61. The predicted molar refractivity (Wildman–Crippen MR) is 106 cm³/mol. The summed E-state index contributed by atoms with van der Waals surface area (Å²) >= 11 is 0. The zero-order valence-corrected chi connectivity index (χ0v) is 15.6. The highest BCUT2D eigenvalue weighted by Crippen LogP contribution is 2.11. The van der Waals surface area contributed by atoms with E-state index in [1.165, 1.54) is 19.3 Å². The highest BCUT2D eigenvalue weighted by molar-refractivity contribution is 5.97. The summed E-state index contributed by atoms with van der Waals surface area (Å²) in [5, 5.41) is 21.2. The fourth-order valence-corrected chi connectivity index (χ4v) is 2.37. The van der Waals surface area contributed by atoms with Crippen molar-refractivity contribution in [2.75, 3.05) is 0 Å². The van der Waals surface area contributed by atoms with Crippen molar-refractivity contribution in [1.29, 1.82) is 0 Å². The number of amides is 2. The third kappa shape index (κ3) is 6.09. The van der Waals surface area contributed by atoms with E-state index in [1.54, 1.807) is 30.3 Å². The van der Waals surface area contributed by atoms with Gasteiger partial charge in [-0.25, -0.2) is 5.48 Å². The lowest BCUT2D eigenvalue weighted by atomic mass is 9.97. The molecule has 0 aliphatic rings. The molecule has 2 aromatic carbocycles. The Labute approximate surface area is 163 Å². The normalized spacial score (nSPS) is 12.0. The number of aliphatic hydroxyl groups is 1. The van der Waals surface area contributed by atoms with Crippen molar-refractivity contribution < 1.29 is 19.9 Å². The summed E-state index contributed by atoms with van der Waals surface area (Å²) in [5.41, 5.74) is 1.96. The maximum Gasteiger partial charge on any atom is 0.268 e. The van der Waals surface area contributed by atoms with Gasteiger partial charge in [-0.15, -0.1) is 0 Å². The second-order valence-electron chi connectivity index (χ2n) is 6.63. The lowest BCUT2D eigenvalue weighted by Gasteiger charge is -2.28. The van der Waals surface area contributed by atoms with E-state index >= 15 is 0 Å². The molecular weight excluding hydrogens is 356 g/mol. The summed E-state index contributed by atoms with van der Waals surface area (Å²) in [4.78, 5) is 24.0. The van der Waals surface area contributed by atoms with E-state index in [1.807, 2.05) is 36.4 Å². The lowest BCUT2D eigenvalue weighted by molar-refractivity contribution is -0.136. The van der Waals surface area contributed by atoms with Gasteiger partial charge in [-0.2, -0.15) is 0 Å². The molecule has 0 unspecified atom stereocenters. The minimum atomic E-state index is -1.56. The largest absolute Gasteiger partial charge is 0.388 e. The summed E-state index contributed by atoms with van der Waals surface area (Å²) < 4.78 is 0. The molecule has 0 aliphatic carbocycles. The van der Waals surface area contributed by atoms with Crippen LogP contribution in [-0.2, 0) is 4.79 Å². The van der Waals surface area contributed by atoms with Crippen molar-refractivity contribution in [2.45, 2.75) is 25.5 Å². The maximum atomic E-state index is 12.3. The van der Waals surface area contributed by atoms with Crippen molar-refractivity contribution in [2.24, 2.45) is 0 Å². The number of benzene rings is 2. The van der Waals surface area contributed by atoms with Crippen LogP contribution in [0.5, 0.6) is 0 Å². The van der Waals surface area contributed by atoms with E-state index in [4.69, 9.17) is 5.21 Å². The summed E-state index contributed by atoms with van der Waals surface area (Å²) in [7, 11) is 0. The molecule has 0 radical (unpaired) electrons. The van der Waals surface area contributed by atoms with E-state index in [-0.39, 0.29) is 0 Å². The Bertz CT molecular complexity index is 902. The first kappa shape index (κ1) is 20.9. The zero-order chi connectivity index (χ0) is 20.6. The van der Waals surface area contributed by atoms with E-state index in [0.29, 0.717) is 5.56 Å². The molecule has 2 rings (SSSR count). The molecule has 4 N–H and O–H groups in total. The molecule has 0 fully saturated rings. The molecule has 28 heavy (non-hydrogen) atoms. The molecule has 6 heteroatoms. The molecule has 144 valence electrons. The van der Waals surface area contributed by atoms with Crippen LogP contribution < -0.4 is 10.8 Å². The number of hydroxylamine groups is 1. The van der Waals surface area contributed by atoms with Crippen molar-refractivity contribution in [3.63, 3.8) is 0 Å². The predicted octanol–water partition coefficient (Wildman–Crippen LogP) is 2.13. The average molecular weight is 378 g/mol. The van der Waals surface area contributed by atoms with E-state index < -0.39 is 23.5 Å². The Balaban J connectivity index is 2.04. The Morgan fingerprint density at radius 3 is 2.29 bits per heavy atom. The Kier molecular flexibility index (Phi) is 7.10. The number of rotatable bonds is 5. The molecule has 0 aromatic heterocycles. The molecule has 0 spiro atoms. The van der Waals surface area contributed by atoms with Gasteiger partial charge < -0.3 is 10.4 Å². The fraction of sp³-hybridized carbons (Fsp3) is 0.182. The number of hydrogen-bond acceptors (Lipinski definition) is 4. The smallest absolute Gasteiger partial charge is 0.268 e. The summed E-state index contributed by atoms with van der Waals surface area (Å²) in [6, 6.07) is 15.0. The minimum Gasteiger partial charge on any atom is -0.388 e. The quantitative estimate of drug-likeness (QED) is 0.364. The maximum absolute atomic E-state index is 12.3. The standard InChI is InChI=1S/C22H22N2O4/c1-22(2,27)19(21(26)24-28)23-20(25)18-14-12-17(13-15-18)11-7-6-10-16-8-4-3-5-9-16/h3-6,8-10,12-15,19,27-28H,1-2H3,(H,23,25)(H,24,26)/t19-/m1/s1. The van der Waals surface area contributed by atoms with Gasteiger partial charge in [-0.3, -0.25) is 14.8 Å². The molecule has 0 heterocycles. The number of allylic oxidation sites excluding steroid dienone is 1. The molecule has 0 saturated carbocycles. The van der Waals surface area contributed by atoms with Crippen LogP contribution in [0.2, 0.25) is 0 Å². The summed E-state index contributed by atoms with van der Waals surface area (Å²) in [6.07, 6.45) is 3.65. The number of carbonyl (C=O) groups is 2. The third-order valence-electron chi connectivity index (χ3n) is 3.88. The Hall–Kier alpha value is -3.40. The van der Waals surface area contributed by atoms with Crippen LogP contribution in [0.1, 0.15) is 35.3 Å². The molecule has 0 bridgehead atoms. The molecule has 6 nitrogen and oxygen atoms in total. The molecule has 2 aromatic rings. The SMILES string of the molecule is CC(C)(O)[C@H](NC(=O)c1ccc(C#CC=Cc2ccccc2)cc1)C(=O)NO. The molecule has 1 atom stereocenters. The van der Waals surface area contributed by atoms with Crippen LogP contribution >= 0.6 is 0 Å². The Morgan fingerprint density at radius 2 is 1.71 bits per heavy atom. The molecule has 0 aliphatic heterocycles. The van der Waals surface area contributed by atoms with Crippen LogP contribution in [0.25, 0.3) is 6.08 Å². The van der Waals surface area contributed by atoms with Crippen LogP contribution in [0.15, 0.2) is 60.7 Å². The van der Waals surface area contributed by atoms with Gasteiger partial charge in [0.25, 0.3) is 11.8 Å². The number of carbonyl (C=O) groups excluding carboxylic acids is 2. The van der Waals surface area contributed by atoms with Gasteiger partial charge >= 0.3 is 0 Å². The van der Waals surface area contributed by atoms with Crippen molar-refractivity contribution in [1.82, 2.24) is 10.8 Å². The van der Waals surface area contributed by atoms with E-state index in [9.17, 15) is 14.7 Å². The summed E-state index contributed by atoms with van der Waals surface area (Å²) in [6.45, 7) is 2.71. The Morgan fingerprint density at radius 1 is 1.07 bits per heavy atom. The van der Waals surface area contributed by atoms with Crippen molar-refractivity contribution >= 4 is 17.9 Å². The highest BCUT2D eigenvalue weighted by atomic mass is 16.5. The molecular formula is C22H22N2O4. The first-order chi connectivity index (χ1) is 13.3. The van der Waals surface area contributed by atoms with E-state index in [2.05, 4.69) is 17.2 Å². The zero-order valence-electron chi connectivity index (χ0n) is 15.6. The van der Waals surface area contributed by atoms with E-state index in [0.717, 1.165) is 11.1 Å². The topological polar surface area (TPSA) is 98.7 Å². The van der Waals surface area contributed by atoms with Gasteiger partial charge in [0.05, 0.1) is 5.60 Å². The van der Waals surface area contributed by atoms with Crippen LogP contribution in [0.4, 0.5) is 0 Å². The monoisotopic (exact) mass is 378 g/mol. The van der Waals surface area contributed by atoms with Crippen molar-refractivity contribution in [3.8, 4) is 11.8 Å². The molecule has 2 amide bonds. The summed E-state index contributed by atoms with van der Waals surface area (Å²) in [5.74, 6) is 4.43. The van der Waals surface area contributed by atoms with Gasteiger partial charge in [-0.05, 0) is 55.8 Å². The second kappa shape index (κ2) is 9.51. The number of nitrogens with one attached hydrogen (secondary N) is 2. The van der Waals surface area contributed by atoms with Crippen LogP contribution in [0, 0.1) is 11.8 Å². The second-order valence-corrected chi connectivity index (χ2v) is 6.63. The molecule has 0 saturated heterocycles. The highest BCUT2D eigenvalue weighted by Gasteiger charge is 2.34. The van der Waals surface area contributed by atoms with Gasteiger partial charge in [0.1, 0.15) is 6.04 Å². The van der Waals surface area contributed by atoms with Crippen LogP contribution in [0.3, 0.4) is 0 Å². The third-order valence-corrected chi connectivity index (χ3v) is 3.88. The van der Waals surface area contributed by atoms with Gasteiger partial charge in [0.15, 0.2) is 0 Å². The minimum absolute atomic E-state index is 0.297. The van der Waals surface area contributed by atoms with Gasteiger partial charge in [0.2, 0.25) is 0 Å². The first-order valence-electron chi connectivity index (χ1n) is 8.61. The average Bonchev–Trinajstić information content (AvgIpc) is 2.69.